The lowest BCUT2D eigenvalue weighted by molar-refractivity contribution is 0.208. The average molecular weight is 352 g/mol. The fourth-order valence-electron chi connectivity index (χ4n) is 3.42. The number of hydrogen-bond donors (Lipinski definition) is 1. The molecule has 0 spiro atoms. The first-order valence-corrected chi connectivity index (χ1v) is 9.00. The minimum absolute atomic E-state index is 0.392. The fourth-order valence-corrected chi connectivity index (χ4v) is 3.42. The summed E-state index contributed by atoms with van der Waals surface area (Å²) in [4.78, 5) is 15.6. The van der Waals surface area contributed by atoms with Gasteiger partial charge >= 0.3 is 0 Å². The molecule has 0 bridgehead atoms. The van der Waals surface area contributed by atoms with E-state index in [2.05, 4.69) is 54.8 Å². The number of nitrogens with one attached hydrogen (secondary N) is 1. The van der Waals surface area contributed by atoms with E-state index in [0.29, 0.717) is 17.9 Å². The summed E-state index contributed by atoms with van der Waals surface area (Å²) in [6.45, 7) is 5.10. The Balaban J connectivity index is 1.34. The van der Waals surface area contributed by atoms with Crippen molar-refractivity contribution in [3.05, 3.63) is 48.0 Å². The van der Waals surface area contributed by atoms with E-state index in [4.69, 9.17) is 4.74 Å². The van der Waals surface area contributed by atoms with Crippen molar-refractivity contribution in [2.45, 2.75) is 32.4 Å². The van der Waals surface area contributed by atoms with Gasteiger partial charge in [-0.3, -0.25) is 4.90 Å². The molecular formula is C19H24N6O. The Hall–Kier alpha value is -2.67. The highest BCUT2D eigenvalue weighted by atomic mass is 16.5. The Morgan fingerprint density at radius 3 is 2.88 bits per heavy atom. The smallest absolute Gasteiger partial charge is 0.226 e. The molecule has 0 saturated carbocycles. The highest BCUT2D eigenvalue weighted by Crippen LogP contribution is 2.18. The number of piperidine rings is 1. The number of aryl methyl sites for hydroxylation is 1. The standard InChI is InChI=1S/C19H24N6O/c1-14-4-10-25-16(12-21-17(25)11-14)13-24-8-5-15(6-9-24)22-19-20-7-3-18(23-19)26-2/h3-4,7,10-12,15H,5-6,8-9,13H2,1-2H3,(H,20,22,23). The zero-order chi connectivity index (χ0) is 17.9. The van der Waals surface area contributed by atoms with Gasteiger partial charge in [0.1, 0.15) is 5.65 Å². The minimum Gasteiger partial charge on any atom is -0.481 e. The van der Waals surface area contributed by atoms with Crippen LogP contribution in [-0.2, 0) is 6.54 Å². The summed E-state index contributed by atoms with van der Waals surface area (Å²) in [7, 11) is 1.62. The molecule has 0 unspecified atom stereocenters. The number of aromatic nitrogens is 4. The van der Waals surface area contributed by atoms with Gasteiger partial charge in [0.25, 0.3) is 0 Å². The number of hydrogen-bond acceptors (Lipinski definition) is 6. The number of imidazole rings is 1. The van der Waals surface area contributed by atoms with Crippen LogP contribution in [0.3, 0.4) is 0 Å². The largest absolute Gasteiger partial charge is 0.481 e. The van der Waals surface area contributed by atoms with Crippen molar-refractivity contribution in [1.29, 1.82) is 0 Å². The molecule has 0 aromatic carbocycles. The maximum Gasteiger partial charge on any atom is 0.226 e. The summed E-state index contributed by atoms with van der Waals surface area (Å²) >= 11 is 0. The van der Waals surface area contributed by atoms with E-state index in [1.165, 1.54) is 11.3 Å². The van der Waals surface area contributed by atoms with Crippen molar-refractivity contribution in [2.24, 2.45) is 0 Å². The lowest BCUT2D eigenvalue weighted by atomic mass is 10.1. The SMILES string of the molecule is COc1ccnc(NC2CCN(Cc3cnc4cc(C)ccn34)CC2)n1. The summed E-state index contributed by atoms with van der Waals surface area (Å²) in [6.07, 6.45) is 7.95. The molecule has 1 aliphatic rings. The van der Waals surface area contributed by atoms with E-state index >= 15 is 0 Å². The molecule has 0 aliphatic carbocycles. The number of methoxy groups -OCH3 is 1. The van der Waals surface area contributed by atoms with Crippen LogP contribution in [0.4, 0.5) is 5.95 Å². The number of fused-ring (bicyclic) bond motifs is 1. The van der Waals surface area contributed by atoms with Crippen LogP contribution in [0.1, 0.15) is 24.1 Å². The molecule has 1 saturated heterocycles. The Bertz CT molecular complexity index is 885. The van der Waals surface area contributed by atoms with Gasteiger partial charge in [0, 0.05) is 44.1 Å². The van der Waals surface area contributed by atoms with Gasteiger partial charge in [-0.25, -0.2) is 9.97 Å². The maximum absolute atomic E-state index is 5.15. The molecule has 7 heteroatoms. The second-order valence-electron chi connectivity index (χ2n) is 6.80. The third kappa shape index (κ3) is 3.62. The zero-order valence-electron chi connectivity index (χ0n) is 15.2. The van der Waals surface area contributed by atoms with Gasteiger partial charge in [0.15, 0.2) is 0 Å². The molecule has 3 aromatic rings. The van der Waals surface area contributed by atoms with Crippen molar-refractivity contribution in [3.63, 3.8) is 0 Å². The first-order chi connectivity index (χ1) is 12.7. The Labute approximate surface area is 153 Å². The molecule has 0 radical (unpaired) electrons. The van der Waals surface area contributed by atoms with Crippen LogP contribution in [-0.4, -0.2) is 50.5 Å². The maximum atomic E-state index is 5.15. The normalized spacial score (nSPS) is 16.1. The van der Waals surface area contributed by atoms with Crippen LogP contribution in [0.2, 0.25) is 0 Å². The van der Waals surface area contributed by atoms with E-state index in [1.807, 2.05) is 6.20 Å². The summed E-state index contributed by atoms with van der Waals surface area (Å²) in [6, 6.07) is 6.39. The van der Waals surface area contributed by atoms with Crippen LogP contribution in [0.5, 0.6) is 5.88 Å². The molecule has 26 heavy (non-hydrogen) atoms. The molecule has 4 rings (SSSR count). The van der Waals surface area contributed by atoms with E-state index < -0.39 is 0 Å². The molecule has 1 aliphatic heterocycles. The molecule has 1 fully saturated rings. The van der Waals surface area contributed by atoms with Gasteiger partial charge in [-0.05, 0) is 37.5 Å². The Kier molecular flexibility index (Phi) is 4.71. The first-order valence-electron chi connectivity index (χ1n) is 9.00. The first kappa shape index (κ1) is 16.8. The van der Waals surface area contributed by atoms with Gasteiger partial charge in [-0.2, -0.15) is 4.98 Å². The highest BCUT2D eigenvalue weighted by Gasteiger charge is 2.21. The molecule has 4 heterocycles. The molecule has 7 nitrogen and oxygen atoms in total. The molecule has 0 amide bonds. The number of anilines is 1. The minimum atomic E-state index is 0.392. The number of ether oxygens (including phenoxy) is 1. The Morgan fingerprint density at radius 1 is 1.23 bits per heavy atom. The number of pyridine rings is 1. The summed E-state index contributed by atoms with van der Waals surface area (Å²) in [5.41, 5.74) is 3.50. The van der Waals surface area contributed by atoms with Crippen LogP contribution in [0.15, 0.2) is 36.8 Å². The van der Waals surface area contributed by atoms with Gasteiger partial charge < -0.3 is 14.5 Å². The second kappa shape index (κ2) is 7.29. The van der Waals surface area contributed by atoms with Crippen molar-refractivity contribution in [3.8, 4) is 5.88 Å². The predicted octanol–water partition coefficient (Wildman–Crippen LogP) is 2.52. The van der Waals surface area contributed by atoms with Crippen LogP contribution in [0, 0.1) is 6.92 Å². The Morgan fingerprint density at radius 2 is 2.08 bits per heavy atom. The van der Waals surface area contributed by atoms with E-state index in [-0.39, 0.29) is 0 Å². The third-order valence-corrected chi connectivity index (χ3v) is 4.89. The fraction of sp³-hybridized carbons (Fsp3) is 0.421. The van der Waals surface area contributed by atoms with Gasteiger partial charge in [0.2, 0.25) is 11.8 Å². The lowest BCUT2D eigenvalue weighted by Crippen LogP contribution is -2.39. The number of rotatable bonds is 5. The predicted molar refractivity (Wildman–Crippen MR) is 100 cm³/mol. The molecule has 136 valence electrons. The molecule has 0 atom stereocenters. The average Bonchev–Trinajstić information content (AvgIpc) is 3.05. The quantitative estimate of drug-likeness (QED) is 0.761. The summed E-state index contributed by atoms with van der Waals surface area (Å²) in [5.74, 6) is 1.22. The van der Waals surface area contributed by atoms with Crippen molar-refractivity contribution >= 4 is 11.6 Å². The molecular weight excluding hydrogens is 328 g/mol. The zero-order valence-corrected chi connectivity index (χ0v) is 15.2. The third-order valence-electron chi connectivity index (χ3n) is 4.89. The summed E-state index contributed by atoms with van der Waals surface area (Å²) < 4.78 is 7.34. The van der Waals surface area contributed by atoms with Gasteiger partial charge in [-0.15, -0.1) is 0 Å². The molecule has 3 aromatic heterocycles. The lowest BCUT2D eigenvalue weighted by Gasteiger charge is -2.32. The highest BCUT2D eigenvalue weighted by molar-refractivity contribution is 5.42. The van der Waals surface area contributed by atoms with Crippen molar-refractivity contribution < 1.29 is 4.74 Å². The van der Waals surface area contributed by atoms with Crippen molar-refractivity contribution in [2.75, 3.05) is 25.5 Å². The van der Waals surface area contributed by atoms with Crippen LogP contribution >= 0.6 is 0 Å². The number of nitrogens with zero attached hydrogens (tertiary/aromatic N) is 5. The van der Waals surface area contributed by atoms with E-state index in [9.17, 15) is 0 Å². The van der Waals surface area contributed by atoms with Crippen LogP contribution in [0.25, 0.3) is 5.65 Å². The molecule has 1 N–H and O–H groups in total. The monoisotopic (exact) mass is 352 g/mol. The van der Waals surface area contributed by atoms with Crippen molar-refractivity contribution in [1.82, 2.24) is 24.3 Å². The topological polar surface area (TPSA) is 67.6 Å². The summed E-state index contributed by atoms with van der Waals surface area (Å²) in [5, 5.41) is 3.42. The van der Waals surface area contributed by atoms with Gasteiger partial charge in [0.05, 0.1) is 19.0 Å². The van der Waals surface area contributed by atoms with E-state index in [0.717, 1.165) is 38.1 Å². The second-order valence-corrected chi connectivity index (χ2v) is 6.80. The van der Waals surface area contributed by atoms with Gasteiger partial charge in [-0.1, -0.05) is 0 Å². The van der Waals surface area contributed by atoms with Crippen LogP contribution < -0.4 is 10.1 Å². The number of likely N-dealkylation sites (tertiary alicyclic amines) is 1. The van der Waals surface area contributed by atoms with E-state index in [1.54, 1.807) is 19.4 Å².